The maximum absolute atomic E-state index is 13.4. The predicted molar refractivity (Wildman–Crippen MR) is 120 cm³/mol. The van der Waals surface area contributed by atoms with Crippen LogP contribution in [0, 0.1) is 5.92 Å². The van der Waals surface area contributed by atoms with Crippen LogP contribution in [0.5, 0.6) is 11.5 Å². The van der Waals surface area contributed by atoms with Crippen LogP contribution in [0.1, 0.15) is 18.4 Å². The van der Waals surface area contributed by atoms with E-state index in [2.05, 4.69) is 4.72 Å². The van der Waals surface area contributed by atoms with E-state index in [0.717, 1.165) is 5.56 Å². The number of carbonyl (C=O) groups excluding carboxylic acids is 2. The van der Waals surface area contributed by atoms with Gasteiger partial charge in [-0.3, -0.25) is 9.59 Å². The van der Waals surface area contributed by atoms with Crippen molar-refractivity contribution >= 4 is 21.8 Å². The molecule has 2 heterocycles. The molecular formula is C23H27N3O6S. The number of primary amides is 1. The Morgan fingerprint density at radius 1 is 1.09 bits per heavy atom. The molecule has 0 spiro atoms. The largest absolute Gasteiger partial charge is 0.486 e. The molecule has 3 N–H and O–H groups in total. The summed E-state index contributed by atoms with van der Waals surface area (Å²) < 4.78 is 40.0. The van der Waals surface area contributed by atoms with Gasteiger partial charge in [0.1, 0.15) is 19.3 Å². The summed E-state index contributed by atoms with van der Waals surface area (Å²) in [6.07, 6.45) is 1.42. The van der Waals surface area contributed by atoms with Crippen LogP contribution in [-0.2, 0) is 26.0 Å². The molecule has 0 saturated carbocycles. The van der Waals surface area contributed by atoms with E-state index in [4.69, 9.17) is 15.2 Å². The molecule has 4 rings (SSSR count). The molecule has 10 heteroatoms. The van der Waals surface area contributed by atoms with Crippen molar-refractivity contribution in [3.05, 3.63) is 54.1 Å². The van der Waals surface area contributed by atoms with Crippen LogP contribution in [0.15, 0.2) is 53.4 Å². The number of rotatable bonds is 7. The molecule has 2 aromatic rings. The number of hydrogen-bond acceptors (Lipinski definition) is 6. The number of sulfonamides is 1. The van der Waals surface area contributed by atoms with Crippen molar-refractivity contribution in [2.45, 2.75) is 30.2 Å². The van der Waals surface area contributed by atoms with E-state index in [1.54, 1.807) is 6.07 Å². The van der Waals surface area contributed by atoms with Crippen molar-refractivity contribution in [3.63, 3.8) is 0 Å². The fourth-order valence-corrected chi connectivity index (χ4v) is 5.31. The van der Waals surface area contributed by atoms with Gasteiger partial charge in [0.15, 0.2) is 11.5 Å². The van der Waals surface area contributed by atoms with Crippen molar-refractivity contribution < 1.29 is 27.5 Å². The first-order chi connectivity index (χ1) is 15.8. The van der Waals surface area contributed by atoms with Gasteiger partial charge in [-0.25, -0.2) is 8.42 Å². The van der Waals surface area contributed by atoms with Gasteiger partial charge < -0.3 is 20.1 Å². The molecule has 2 atom stereocenters. The Morgan fingerprint density at radius 2 is 1.82 bits per heavy atom. The molecule has 2 aliphatic rings. The van der Waals surface area contributed by atoms with E-state index in [-0.39, 0.29) is 23.8 Å². The summed E-state index contributed by atoms with van der Waals surface area (Å²) in [5.74, 6) is -0.456. The topological polar surface area (TPSA) is 128 Å². The van der Waals surface area contributed by atoms with Gasteiger partial charge in [-0.05, 0) is 37.0 Å². The predicted octanol–water partition coefficient (Wildman–Crippen LogP) is 1.07. The fraction of sp³-hybridized carbons (Fsp3) is 0.391. The van der Waals surface area contributed by atoms with E-state index in [9.17, 15) is 18.0 Å². The number of carbonyl (C=O) groups is 2. The number of amides is 2. The molecule has 2 amide bonds. The zero-order chi connectivity index (χ0) is 23.4. The van der Waals surface area contributed by atoms with Crippen LogP contribution in [-0.4, -0.2) is 57.5 Å². The number of nitrogens with zero attached hydrogens (tertiary/aromatic N) is 1. The third kappa shape index (κ3) is 5.45. The van der Waals surface area contributed by atoms with Gasteiger partial charge in [-0.15, -0.1) is 0 Å². The first kappa shape index (κ1) is 23.1. The molecule has 0 aromatic heterocycles. The van der Waals surface area contributed by atoms with Crippen molar-refractivity contribution in [3.8, 4) is 11.5 Å². The van der Waals surface area contributed by atoms with Gasteiger partial charge in [0.05, 0.1) is 10.8 Å². The van der Waals surface area contributed by atoms with Crippen molar-refractivity contribution in [1.29, 1.82) is 0 Å². The fourth-order valence-electron chi connectivity index (χ4n) is 4.11. The molecule has 0 radical (unpaired) electrons. The summed E-state index contributed by atoms with van der Waals surface area (Å²) in [5.41, 5.74) is 6.26. The van der Waals surface area contributed by atoms with Gasteiger partial charge in [0.25, 0.3) is 0 Å². The molecule has 2 unspecified atom stereocenters. The second-order valence-electron chi connectivity index (χ2n) is 8.19. The maximum Gasteiger partial charge on any atom is 0.241 e. The molecular weight excluding hydrogens is 446 g/mol. The van der Waals surface area contributed by atoms with Gasteiger partial charge in [-0.2, -0.15) is 4.72 Å². The molecule has 0 aliphatic carbocycles. The third-order valence-corrected chi connectivity index (χ3v) is 7.31. The zero-order valence-electron chi connectivity index (χ0n) is 18.1. The molecule has 0 bridgehead atoms. The highest BCUT2D eigenvalue weighted by Crippen LogP contribution is 2.32. The number of hydrogen-bond donors (Lipinski definition) is 2. The maximum atomic E-state index is 13.4. The van der Waals surface area contributed by atoms with Gasteiger partial charge in [0, 0.05) is 19.2 Å². The lowest BCUT2D eigenvalue weighted by atomic mass is 9.96. The lowest BCUT2D eigenvalue weighted by Crippen LogP contribution is -2.53. The van der Waals surface area contributed by atoms with Crippen LogP contribution < -0.4 is 19.9 Å². The molecule has 1 saturated heterocycles. The minimum absolute atomic E-state index is 0.0220. The van der Waals surface area contributed by atoms with E-state index >= 15 is 0 Å². The van der Waals surface area contributed by atoms with E-state index in [1.165, 1.54) is 17.0 Å². The average Bonchev–Trinajstić information content (AvgIpc) is 2.83. The Bertz CT molecular complexity index is 1120. The Balaban J connectivity index is 1.59. The molecule has 9 nitrogen and oxygen atoms in total. The summed E-state index contributed by atoms with van der Waals surface area (Å²) in [6, 6.07) is 12.5. The second kappa shape index (κ2) is 9.80. The summed E-state index contributed by atoms with van der Waals surface area (Å²) in [4.78, 5) is 26.6. The summed E-state index contributed by atoms with van der Waals surface area (Å²) in [6.45, 7) is 1.35. The van der Waals surface area contributed by atoms with Crippen molar-refractivity contribution in [2.24, 2.45) is 11.7 Å². The lowest BCUT2D eigenvalue weighted by molar-refractivity contribution is -0.136. The minimum atomic E-state index is -4.05. The Kier molecular flexibility index (Phi) is 6.85. The van der Waals surface area contributed by atoms with Crippen LogP contribution in [0.4, 0.5) is 0 Å². The monoisotopic (exact) mass is 473 g/mol. The first-order valence-electron chi connectivity index (χ1n) is 10.9. The quantitative estimate of drug-likeness (QED) is 0.619. The third-order valence-electron chi connectivity index (χ3n) is 5.84. The van der Waals surface area contributed by atoms with Gasteiger partial charge in [-0.1, -0.05) is 30.3 Å². The molecule has 2 aromatic carbocycles. The summed E-state index contributed by atoms with van der Waals surface area (Å²) in [7, 11) is -4.05. The van der Waals surface area contributed by atoms with E-state index in [1.807, 2.05) is 30.3 Å². The number of likely N-dealkylation sites (tertiary alicyclic amines) is 1. The number of ether oxygens (including phenoxy) is 2. The smallest absolute Gasteiger partial charge is 0.241 e. The Morgan fingerprint density at radius 3 is 2.55 bits per heavy atom. The SMILES string of the molecule is NC(=O)C1CCCN(C(=O)C(Cc2ccccc2)NS(=O)(=O)c2ccc3c(c2)OCCO3)C1. The van der Waals surface area contributed by atoms with E-state index < -0.39 is 27.9 Å². The first-order valence-corrected chi connectivity index (χ1v) is 12.4. The van der Waals surface area contributed by atoms with Crippen LogP contribution in [0.2, 0.25) is 0 Å². The second-order valence-corrected chi connectivity index (χ2v) is 9.91. The van der Waals surface area contributed by atoms with E-state index in [0.29, 0.717) is 44.1 Å². The molecule has 176 valence electrons. The highest BCUT2D eigenvalue weighted by atomic mass is 32.2. The number of nitrogens with one attached hydrogen (secondary N) is 1. The number of piperidine rings is 1. The van der Waals surface area contributed by atoms with Gasteiger partial charge >= 0.3 is 0 Å². The minimum Gasteiger partial charge on any atom is -0.486 e. The normalized spacial score (nSPS) is 19.0. The average molecular weight is 474 g/mol. The van der Waals surface area contributed by atoms with Gasteiger partial charge in [0.2, 0.25) is 21.8 Å². The highest BCUT2D eigenvalue weighted by Gasteiger charge is 2.34. The molecule has 2 aliphatic heterocycles. The molecule has 1 fully saturated rings. The van der Waals surface area contributed by atoms with Crippen molar-refractivity contribution in [1.82, 2.24) is 9.62 Å². The zero-order valence-corrected chi connectivity index (χ0v) is 18.9. The van der Waals surface area contributed by atoms with Crippen LogP contribution in [0.3, 0.4) is 0 Å². The van der Waals surface area contributed by atoms with Crippen molar-refractivity contribution in [2.75, 3.05) is 26.3 Å². The molecule has 33 heavy (non-hydrogen) atoms. The standard InChI is InChI=1S/C23H27N3O6S/c24-22(27)17-7-4-10-26(15-17)23(28)19(13-16-5-2-1-3-6-16)25-33(29,30)18-8-9-20-21(14-18)32-12-11-31-20/h1-3,5-6,8-9,14,17,19,25H,4,7,10-13,15H2,(H2,24,27). The summed E-state index contributed by atoms with van der Waals surface area (Å²) in [5, 5.41) is 0. The van der Waals surface area contributed by atoms with Crippen LogP contribution >= 0.6 is 0 Å². The number of fused-ring (bicyclic) bond motifs is 1. The Labute approximate surface area is 192 Å². The number of benzene rings is 2. The van der Waals surface area contributed by atoms with Crippen LogP contribution in [0.25, 0.3) is 0 Å². The lowest BCUT2D eigenvalue weighted by Gasteiger charge is -2.34. The highest BCUT2D eigenvalue weighted by molar-refractivity contribution is 7.89. The Hall–Kier alpha value is -3.11. The number of nitrogens with two attached hydrogens (primary N) is 1. The summed E-state index contributed by atoms with van der Waals surface area (Å²) >= 11 is 0.